The van der Waals surface area contributed by atoms with E-state index in [-0.39, 0.29) is 35.3 Å². The molecule has 1 aromatic heterocycles. The van der Waals surface area contributed by atoms with Crippen LogP contribution in [0.4, 0.5) is 4.39 Å². The van der Waals surface area contributed by atoms with Crippen molar-refractivity contribution in [1.82, 2.24) is 24.8 Å². The number of hydrogen-bond acceptors (Lipinski definition) is 19. The second-order valence-electron chi connectivity index (χ2n) is 22.6. The fraction of sp³-hybridized carbons (Fsp3) is 0.830. The number of nitrogens with zero attached hydrogens (tertiary/aromatic N) is 5. The number of thioether (sulfide) groups is 1. The highest BCUT2D eigenvalue weighted by atomic mass is 32.2. The van der Waals surface area contributed by atoms with E-state index in [1.54, 1.807) is 66.8 Å². The molecule has 2 aromatic rings. The molecule has 1 aromatic carbocycles. The van der Waals surface area contributed by atoms with Crippen molar-refractivity contribution in [1.29, 1.82) is 0 Å². The first-order valence-corrected chi connectivity index (χ1v) is 29.5. The van der Waals surface area contributed by atoms with E-state index in [9.17, 15) is 43.1 Å². The van der Waals surface area contributed by atoms with Crippen LogP contribution in [0.2, 0.25) is 0 Å². The second-order valence-corrected chi connectivity index (χ2v) is 26.0. The Morgan fingerprint density at radius 2 is 1.64 bits per heavy atom. The fourth-order valence-corrected chi connectivity index (χ4v) is 13.3. The van der Waals surface area contributed by atoms with Gasteiger partial charge in [0.1, 0.15) is 36.7 Å². The van der Waals surface area contributed by atoms with Gasteiger partial charge in [0.25, 0.3) is 0 Å². The molecule has 0 unspecified atom stereocenters. The highest BCUT2D eigenvalue weighted by Crippen LogP contribution is 2.42. The number of carbonyl (C=O) groups excluding carboxylic acids is 1. The number of sulfone groups is 1. The zero-order valence-corrected chi connectivity index (χ0v) is 48.5. The van der Waals surface area contributed by atoms with Gasteiger partial charge in [-0.25, -0.2) is 17.5 Å². The molecule has 4 heterocycles. The Labute approximate surface area is 449 Å². The maximum absolute atomic E-state index is 15.0. The molecule has 3 saturated heterocycles. The zero-order chi connectivity index (χ0) is 56.1. The monoisotopic (exact) mass is 1100 g/mol. The number of hydrogen-bond donors (Lipinski definition) is 5. The van der Waals surface area contributed by atoms with Crippen molar-refractivity contribution in [3.63, 3.8) is 0 Å². The predicted molar refractivity (Wildman–Crippen MR) is 282 cm³/mol. The molecule has 0 saturated carbocycles. The maximum Gasteiger partial charge on any atom is 0.311 e. The SMILES string of the molecule is CCS[C@H](c1ccc(S(C)(=O)=O)cc1)[C@@H](CF)n1cc(CCN(C)[C@H]2C[C@@H](C)O[C@@H](O[C@@H]3[C@@H](C)[C@H](O[C@H]4C[C@@](C)(OC)[C@@H](O)[C@H](C)O4)[C@@H](C)C(=O)O[C@H](CC)[C@@](C)(O)[C@H](O)[C@@H](C)N(C)C[C@H](C)C[C@@]3(C)O)[C@@H]2O)nn1. The van der Waals surface area contributed by atoms with E-state index in [4.69, 9.17) is 28.4 Å². The number of ether oxygens (including phenoxy) is 6. The van der Waals surface area contributed by atoms with Gasteiger partial charge in [-0.05, 0) is 111 Å². The van der Waals surface area contributed by atoms with Crippen molar-refractivity contribution in [2.24, 2.45) is 17.8 Å². The summed E-state index contributed by atoms with van der Waals surface area (Å²) in [6.07, 6.45) is -6.35. The summed E-state index contributed by atoms with van der Waals surface area (Å²) < 4.78 is 79.0. The summed E-state index contributed by atoms with van der Waals surface area (Å²) in [5, 5.41) is 68.2. The van der Waals surface area contributed by atoms with Crippen molar-refractivity contribution < 1.29 is 71.6 Å². The largest absolute Gasteiger partial charge is 0.459 e. The van der Waals surface area contributed by atoms with Crippen LogP contribution in [0, 0.1) is 17.8 Å². The van der Waals surface area contributed by atoms with Gasteiger partial charge in [-0.3, -0.25) is 4.79 Å². The minimum atomic E-state index is -3.41. The molecule has 0 radical (unpaired) electrons. The van der Waals surface area contributed by atoms with Gasteiger partial charge in [0.05, 0.1) is 63.4 Å². The van der Waals surface area contributed by atoms with Gasteiger partial charge in [0.15, 0.2) is 22.4 Å². The van der Waals surface area contributed by atoms with Crippen molar-refractivity contribution in [2.75, 3.05) is 53.0 Å². The number of alkyl halides is 1. The first kappa shape index (κ1) is 63.4. The standard InChI is InChI=1S/C53H90FN5O14S2/c1-16-41-53(11,65)46(61)34(7)58(13)28-30(3)25-51(9,64)48(32(5)44(33(6)49(63)71-41)72-42-26-52(10,68-14)47(62)35(8)70-42)73-50-43(60)39(24-31(4)69-50)57(12)23-22-37-29-59(56-55-37)40(27-54)45(74-17-2)36-18-20-38(21-19-36)75(15,66)67/h18-21,29-35,39-48,50,60-62,64-65H,16-17,22-28H2,1-15H3/t30-,31-,32+,33-,34-,35+,39+,40-,41-,42+,43-,44+,45-,46-,47+,48-,50+,51-,52-,53-/m1/s1. The highest BCUT2D eigenvalue weighted by Gasteiger charge is 2.53. The molecule has 20 atom stereocenters. The lowest BCUT2D eigenvalue weighted by Crippen LogP contribution is -2.61. The maximum atomic E-state index is 15.0. The lowest BCUT2D eigenvalue weighted by Gasteiger charge is -2.49. The van der Waals surface area contributed by atoms with E-state index in [1.165, 1.54) is 42.6 Å². The number of benzene rings is 1. The van der Waals surface area contributed by atoms with Crippen molar-refractivity contribution in [2.45, 2.75) is 215 Å². The van der Waals surface area contributed by atoms with Crippen LogP contribution in [0.3, 0.4) is 0 Å². The number of rotatable bonds is 17. The molecule has 75 heavy (non-hydrogen) atoms. The van der Waals surface area contributed by atoms with Crippen LogP contribution in [0.25, 0.3) is 0 Å². The van der Waals surface area contributed by atoms with Gasteiger partial charge < -0.3 is 63.8 Å². The molecule has 0 bridgehead atoms. The van der Waals surface area contributed by atoms with Crippen LogP contribution < -0.4 is 0 Å². The van der Waals surface area contributed by atoms with Crippen LogP contribution in [-0.2, 0) is 49.5 Å². The molecule has 5 N–H and O–H groups in total. The molecule has 0 amide bonds. The summed E-state index contributed by atoms with van der Waals surface area (Å²) in [5.74, 6) is -2.24. The molecule has 3 aliphatic rings. The number of aromatic nitrogens is 3. The third-order valence-corrected chi connectivity index (χ3v) is 18.6. The number of cyclic esters (lactones) is 1. The quantitative estimate of drug-likeness (QED) is 0.137. The summed E-state index contributed by atoms with van der Waals surface area (Å²) in [6, 6.07) is 4.66. The number of aliphatic hydroxyl groups excluding tert-OH is 3. The number of carbonyl (C=O) groups is 1. The van der Waals surface area contributed by atoms with E-state index in [0.29, 0.717) is 37.4 Å². The normalized spacial score (nSPS) is 39.1. The van der Waals surface area contributed by atoms with Gasteiger partial charge in [0.2, 0.25) is 0 Å². The average molecular weight is 1100 g/mol. The number of halogens is 1. The van der Waals surface area contributed by atoms with Crippen molar-refractivity contribution >= 4 is 27.6 Å². The molecular weight excluding hydrogens is 1010 g/mol. The van der Waals surface area contributed by atoms with Crippen LogP contribution in [-0.4, -0.2) is 208 Å². The minimum Gasteiger partial charge on any atom is -0.459 e. The van der Waals surface area contributed by atoms with Gasteiger partial charge in [-0.1, -0.05) is 45.0 Å². The molecule has 22 heteroatoms. The lowest BCUT2D eigenvalue weighted by molar-refractivity contribution is -0.318. The Morgan fingerprint density at radius 1 is 0.987 bits per heavy atom. The van der Waals surface area contributed by atoms with Crippen LogP contribution in [0.15, 0.2) is 35.4 Å². The number of aliphatic hydroxyl groups is 5. The fourth-order valence-electron chi connectivity index (χ4n) is 11.5. The van der Waals surface area contributed by atoms with Crippen LogP contribution >= 0.6 is 11.8 Å². The molecule has 3 fully saturated rings. The Kier molecular flexibility index (Phi) is 22.2. The first-order chi connectivity index (χ1) is 34.9. The van der Waals surface area contributed by atoms with E-state index in [1.807, 2.05) is 44.7 Å². The molecular formula is C53H90FN5O14S2. The van der Waals surface area contributed by atoms with E-state index in [0.717, 1.165) is 11.8 Å². The third kappa shape index (κ3) is 15.1. The summed E-state index contributed by atoms with van der Waals surface area (Å²) >= 11 is 1.53. The molecule has 5 rings (SSSR count). The number of likely N-dealkylation sites (N-methyl/N-ethyl adjacent to an activating group) is 2. The molecule has 430 valence electrons. The average Bonchev–Trinajstić information content (AvgIpc) is 3.82. The van der Waals surface area contributed by atoms with Gasteiger partial charge in [-0.15, -0.1) is 5.10 Å². The highest BCUT2D eigenvalue weighted by molar-refractivity contribution is 7.99. The van der Waals surface area contributed by atoms with E-state index in [2.05, 4.69) is 10.3 Å². The second kappa shape index (κ2) is 26.2. The number of methoxy groups -OCH3 is 1. The Hall–Kier alpha value is -2.42. The van der Waals surface area contributed by atoms with Gasteiger partial charge >= 0.3 is 5.97 Å². The van der Waals surface area contributed by atoms with E-state index >= 15 is 0 Å². The first-order valence-electron chi connectivity index (χ1n) is 26.6. The zero-order valence-electron chi connectivity index (χ0n) is 46.9. The Morgan fingerprint density at radius 3 is 2.23 bits per heavy atom. The van der Waals surface area contributed by atoms with Gasteiger partial charge in [-0.2, -0.15) is 11.8 Å². The minimum absolute atomic E-state index is 0.0756. The van der Waals surface area contributed by atoms with Crippen molar-refractivity contribution in [3.05, 3.63) is 41.7 Å². The Balaban J connectivity index is 1.44. The number of esters is 1. The Bertz CT molecular complexity index is 2230. The summed E-state index contributed by atoms with van der Waals surface area (Å²) in [5.41, 5.74) is -3.26. The van der Waals surface area contributed by atoms with E-state index < -0.39 is 131 Å². The topological polar surface area (TPSA) is 245 Å². The van der Waals surface area contributed by atoms with Gasteiger partial charge in [0, 0.05) is 63.5 Å². The summed E-state index contributed by atoms with van der Waals surface area (Å²) in [7, 11) is 1.77. The molecule has 0 aliphatic carbocycles. The summed E-state index contributed by atoms with van der Waals surface area (Å²) in [4.78, 5) is 18.6. The van der Waals surface area contributed by atoms with Crippen molar-refractivity contribution in [3.8, 4) is 0 Å². The molecule has 19 nitrogen and oxygen atoms in total. The molecule has 0 spiro atoms. The lowest BCUT2D eigenvalue weighted by atomic mass is 9.77. The summed E-state index contributed by atoms with van der Waals surface area (Å²) in [6.45, 7) is 19.4. The smallest absolute Gasteiger partial charge is 0.311 e. The predicted octanol–water partition coefficient (Wildman–Crippen LogP) is 4.51. The molecule has 3 aliphatic heterocycles. The third-order valence-electron chi connectivity index (χ3n) is 16.2. The van der Waals surface area contributed by atoms with Crippen LogP contribution in [0.1, 0.15) is 124 Å². The van der Waals surface area contributed by atoms with Crippen LogP contribution in [0.5, 0.6) is 0 Å².